The van der Waals surface area contributed by atoms with Crippen molar-refractivity contribution in [2.75, 3.05) is 0 Å². The predicted octanol–water partition coefficient (Wildman–Crippen LogP) is 1.90. The molecular formula is C11H14O2. The summed E-state index contributed by atoms with van der Waals surface area (Å²) < 4.78 is 5.41. The van der Waals surface area contributed by atoms with Gasteiger partial charge in [-0.15, -0.1) is 0 Å². The van der Waals surface area contributed by atoms with Crippen LogP contribution in [0.3, 0.4) is 0 Å². The summed E-state index contributed by atoms with van der Waals surface area (Å²) in [7, 11) is 0. The molecule has 2 heteroatoms. The normalized spacial score (nSPS) is 28.5. The van der Waals surface area contributed by atoms with E-state index < -0.39 is 0 Å². The Labute approximate surface area is 78.2 Å². The van der Waals surface area contributed by atoms with Crippen LogP contribution in [0.4, 0.5) is 0 Å². The van der Waals surface area contributed by atoms with Gasteiger partial charge in [0.25, 0.3) is 0 Å². The van der Waals surface area contributed by atoms with Crippen LogP contribution in [0.15, 0.2) is 30.3 Å². The maximum absolute atomic E-state index is 9.50. The van der Waals surface area contributed by atoms with E-state index in [1.165, 1.54) is 5.56 Å². The van der Waals surface area contributed by atoms with Crippen molar-refractivity contribution in [1.29, 1.82) is 0 Å². The third kappa shape index (κ3) is 1.74. The summed E-state index contributed by atoms with van der Waals surface area (Å²) in [4.78, 5) is 0. The second-order valence-corrected chi connectivity index (χ2v) is 3.41. The van der Waals surface area contributed by atoms with Gasteiger partial charge >= 0.3 is 0 Å². The number of aliphatic hydroxyl groups is 1. The Morgan fingerprint density at radius 2 is 2.08 bits per heavy atom. The van der Waals surface area contributed by atoms with Crippen LogP contribution < -0.4 is 0 Å². The Kier molecular flexibility index (Phi) is 2.34. The van der Waals surface area contributed by atoms with E-state index >= 15 is 0 Å². The molecule has 1 fully saturated rings. The molecule has 0 spiro atoms. The monoisotopic (exact) mass is 178 g/mol. The lowest BCUT2D eigenvalue weighted by atomic mass is 10.1. The smallest absolute Gasteiger partial charge is 0.115 e. The van der Waals surface area contributed by atoms with Crippen molar-refractivity contribution in [3.63, 3.8) is 0 Å². The molecule has 1 aliphatic rings. The van der Waals surface area contributed by atoms with Crippen LogP contribution in [0.1, 0.15) is 25.0 Å². The van der Waals surface area contributed by atoms with E-state index in [2.05, 4.69) is 0 Å². The van der Waals surface area contributed by atoms with E-state index in [1.807, 2.05) is 37.3 Å². The van der Waals surface area contributed by atoms with E-state index in [-0.39, 0.29) is 18.3 Å². The van der Waals surface area contributed by atoms with Crippen molar-refractivity contribution in [2.24, 2.45) is 0 Å². The number of benzene rings is 1. The lowest BCUT2D eigenvalue weighted by molar-refractivity contribution is 0.131. The average molecular weight is 178 g/mol. The number of aliphatic hydroxyl groups excluding tert-OH is 1. The van der Waals surface area contributed by atoms with Crippen LogP contribution in [0, 0.1) is 0 Å². The molecule has 1 saturated heterocycles. The second kappa shape index (κ2) is 3.48. The zero-order valence-electron chi connectivity index (χ0n) is 7.68. The lowest BCUT2D eigenvalue weighted by Gasteiger charge is -2.01. The Bertz CT molecular complexity index is 271. The van der Waals surface area contributed by atoms with E-state index in [0.717, 1.165) is 6.42 Å². The molecule has 2 rings (SSSR count). The van der Waals surface area contributed by atoms with Gasteiger partial charge in [-0.25, -0.2) is 0 Å². The van der Waals surface area contributed by atoms with Gasteiger partial charge in [0.05, 0.1) is 6.10 Å². The van der Waals surface area contributed by atoms with E-state index in [4.69, 9.17) is 4.74 Å². The summed E-state index contributed by atoms with van der Waals surface area (Å²) in [6, 6.07) is 10.0. The summed E-state index contributed by atoms with van der Waals surface area (Å²) in [5.74, 6) is 0. The molecule has 2 nitrogen and oxygen atoms in total. The zero-order chi connectivity index (χ0) is 9.26. The fourth-order valence-corrected chi connectivity index (χ4v) is 1.56. The number of ether oxygens (including phenoxy) is 1. The highest BCUT2D eigenvalue weighted by molar-refractivity contribution is 5.22. The molecule has 1 heterocycles. The minimum absolute atomic E-state index is 0.0207. The van der Waals surface area contributed by atoms with Gasteiger partial charge in [-0.05, 0) is 12.0 Å². The average Bonchev–Trinajstić information content (AvgIpc) is 2.98. The largest absolute Gasteiger partial charge is 0.390 e. The zero-order valence-corrected chi connectivity index (χ0v) is 7.68. The van der Waals surface area contributed by atoms with Crippen LogP contribution in [0.25, 0.3) is 0 Å². The van der Waals surface area contributed by atoms with Gasteiger partial charge in [-0.3, -0.25) is 0 Å². The first-order valence-electron chi connectivity index (χ1n) is 4.71. The molecule has 3 atom stereocenters. The van der Waals surface area contributed by atoms with Gasteiger partial charge in [0.2, 0.25) is 0 Å². The van der Waals surface area contributed by atoms with Crippen molar-refractivity contribution in [3.05, 3.63) is 35.9 Å². The number of rotatable bonds is 3. The molecule has 1 N–H and O–H groups in total. The fraction of sp³-hybridized carbons (Fsp3) is 0.455. The molecule has 1 aromatic rings. The van der Waals surface area contributed by atoms with E-state index in [1.54, 1.807) is 0 Å². The first kappa shape index (κ1) is 8.73. The lowest BCUT2D eigenvalue weighted by Crippen LogP contribution is -2.13. The second-order valence-electron chi connectivity index (χ2n) is 3.41. The molecule has 0 bridgehead atoms. The van der Waals surface area contributed by atoms with Crippen molar-refractivity contribution in [2.45, 2.75) is 31.7 Å². The topological polar surface area (TPSA) is 32.8 Å². The van der Waals surface area contributed by atoms with Crippen LogP contribution in [0.2, 0.25) is 0 Å². The summed E-state index contributed by atoms with van der Waals surface area (Å²) in [5, 5.41) is 9.50. The standard InChI is InChI=1S/C11H14O2/c1-2-9(12)11-10(13-11)8-6-4-3-5-7-8/h3-7,9-12H,2H2,1H3/t9-,10+,11-/m1/s1. The van der Waals surface area contributed by atoms with Crippen LogP contribution >= 0.6 is 0 Å². The molecule has 1 aromatic carbocycles. The summed E-state index contributed by atoms with van der Waals surface area (Å²) in [6.07, 6.45) is 0.585. The maximum atomic E-state index is 9.50. The van der Waals surface area contributed by atoms with Gasteiger partial charge in [0.15, 0.2) is 0 Å². The predicted molar refractivity (Wildman–Crippen MR) is 50.4 cm³/mol. The third-order valence-electron chi connectivity index (χ3n) is 2.45. The first-order valence-corrected chi connectivity index (χ1v) is 4.71. The van der Waals surface area contributed by atoms with Gasteiger partial charge in [0, 0.05) is 0 Å². The van der Waals surface area contributed by atoms with Crippen LogP contribution in [-0.4, -0.2) is 17.3 Å². The Hall–Kier alpha value is -0.860. The summed E-state index contributed by atoms with van der Waals surface area (Å²) in [6.45, 7) is 1.97. The summed E-state index contributed by atoms with van der Waals surface area (Å²) >= 11 is 0. The minimum atomic E-state index is -0.315. The van der Waals surface area contributed by atoms with Gasteiger partial charge < -0.3 is 9.84 Å². The minimum Gasteiger partial charge on any atom is -0.390 e. The molecule has 0 aliphatic carbocycles. The molecule has 0 aromatic heterocycles. The molecule has 0 amide bonds. The Morgan fingerprint density at radius 1 is 1.38 bits per heavy atom. The van der Waals surface area contributed by atoms with Crippen molar-refractivity contribution in [3.8, 4) is 0 Å². The van der Waals surface area contributed by atoms with E-state index in [0.29, 0.717) is 0 Å². The van der Waals surface area contributed by atoms with Crippen molar-refractivity contribution >= 4 is 0 Å². The molecule has 70 valence electrons. The SMILES string of the molecule is CC[C@@H](O)[C@H]1O[C@H]1c1ccccc1. The highest BCUT2D eigenvalue weighted by atomic mass is 16.6. The van der Waals surface area contributed by atoms with Gasteiger partial charge in [-0.2, -0.15) is 0 Å². The highest BCUT2D eigenvalue weighted by Crippen LogP contribution is 2.41. The third-order valence-corrected chi connectivity index (χ3v) is 2.45. The van der Waals surface area contributed by atoms with Crippen molar-refractivity contribution < 1.29 is 9.84 Å². The molecule has 0 saturated carbocycles. The Balaban J connectivity index is 2.00. The van der Waals surface area contributed by atoms with Gasteiger partial charge in [-0.1, -0.05) is 37.3 Å². The van der Waals surface area contributed by atoms with E-state index in [9.17, 15) is 5.11 Å². The van der Waals surface area contributed by atoms with Crippen LogP contribution in [-0.2, 0) is 4.74 Å². The quantitative estimate of drug-likeness (QED) is 0.717. The fourth-order valence-electron chi connectivity index (χ4n) is 1.56. The van der Waals surface area contributed by atoms with Crippen LogP contribution in [0.5, 0.6) is 0 Å². The molecule has 0 unspecified atom stereocenters. The molecule has 13 heavy (non-hydrogen) atoms. The first-order chi connectivity index (χ1) is 6.33. The number of hydrogen-bond donors (Lipinski definition) is 1. The van der Waals surface area contributed by atoms with Gasteiger partial charge in [0.1, 0.15) is 12.2 Å². The molecule has 0 radical (unpaired) electrons. The molecular weight excluding hydrogens is 164 g/mol. The maximum Gasteiger partial charge on any atom is 0.115 e. The Morgan fingerprint density at radius 3 is 2.69 bits per heavy atom. The number of hydrogen-bond acceptors (Lipinski definition) is 2. The summed E-state index contributed by atoms with van der Waals surface area (Å²) in [5.41, 5.74) is 1.17. The van der Waals surface area contributed by atoms with Crippen molar-refractivity contribution in [1.82, 2.24) is 0 Å². The highest BCUT2D eigenvalue weighted by Gasteiger charge is 2.44. The number of epoxide rings is 1. The molecule has 1 aliphatic heterocycles.